The van der Waals surface area contributed by atoms with Gasteiger partial charge in [-0.3, -0.25) is 0 Å². The van der Waals surface area contributed by atoms with Crippen LogP contribution in [0.5, 0.6) is 0 Å². The molecule has 0 aliphatic rings. The lowest BCUT2D eigenvalue weighted by Crippen LogP contribution is -1.99. The first-order chi connectivity index (χ1) is 13.1. The highest BCUT2D eigenvalue weighted by molar-refractivity contribution is 6.14. The van der Waals surface area contributed by atoms with Crippen molar-refractivity contribution in [2.45, 2.75) is 13.3 Å². The maximum Gasteiger partial charge on any atom is 0.335 e. The Labute approximate surface area is 160 Å². The van der Waals surface area contributed by atoms with Gasteiger partial charge in [0.25, 0.3) is 0 Å². The van der Waals surface area contributed by atoms with Crippen molar-refractivity contribution in [1.29, 1.82) is 0 Å². The molecule has 0 saturated carbocycles. The van der Waals surface area contributed by atoms with E-state index in [2.05, 4.69) is 37.8 Å². The summed E-state index contributed by atoms with van der Waals surface area (Å²) in [5.74, 6) is -1.000. The lowest BCUT2D eigenvalue weighted by Gasteiger charge is -2.16. The minimum absolute atomic E-state index is 0.102. The van der Waals surface area contributed by atoms with E-state index in [4.69, 9.17) is 5.11 Å². The zero-order valence-electron chi connectivity index (χ0n) is 15.4. The van der Waals surface area contributed by atoms with Crippen LogP contribution < -0.4 is 0 Å². The van der Waals surface area contributed by atoms with Gasteiger partial charge in [-0.15, -0.1) is 0 Å². The quantitative estimate of drug-likeness (QED) is 0.425. The van der Waals surface area contributed by atoms with Gasteiger partial charge in [-0.05, 0) is 39.8 Å². The SMILES string of the molecule is C=C(C(=O)O)c1ccc(C(=C(CC)c2ccccc2)c2ccccc2)cc1. The molecule has 0 saturated heterocycles. The van der Waals surface area contributed by atoms with Gasteiger partial charge in [-0.2, -0.15) is 0 Å². The van der Waals surface area contributed by atoms with Crippen molar-refractivity contribution in [2.24, 2.45) is 0 Å². The fourth-order valence-electron chi connectivity index (χ4n) is 3.25. The molecule has 0 bridgehead atoms. The zero-order valence-corrected chi connectivity index (χ0v) is 15.4. The fourth-order valence-corrected chi connectivity index (χ4v) is 3.25. The highest BCUT2D eigenvalue weighted by Crippen LogP contribution is 2.34. The van der Waals surface area contributed by atoms with Crippen LogP contribution in [-0.4, -0.2) is 11.1 Å². The monoisotopic (exact) mass is 354 g/mol. The highest BCUT2D eigenvalue weighted by atomic mass is 16.4. The molecular formula is C25H22O2. The van der Waals surface area contributed by atoms with Gasteiger partial charge in [-0.25, -0.2) is 4.79 Å². The molecule has 0 aliphatic carbocycles. The van der Waals surface area contributed by atoms with Gasteiger partial charge in [0, 0.05) is 0 Å². The molecule has 3 aromatic rings. The number of hydrogen-bond donors (Lipinski definition) is 1. The topological polar surface area (TPSA) is 37.3 Å². The second kappa shape index (κ2) is 8.33. The Hall–Kier alpha value is -3.39. The van der Waals surface area contributed by atoms with Crippen molar-refractivity contribution in [3.8, 4) is 0 Å². The van der Waals surface area contributed by atoms with E-state index in [-0.39, 0.29) is 5.57 Å². The maximum absolute atomic E-state index is 11.2. The van der Waals surface area contributed by atoms with Crippen LogP contribution in [0.15, 0.2) is 91.5 Å². The third-order valence-electron chi connectivity index (χ3n) is 4.62. The Morgan fingerprint density at radius 1 is 0.741 bits per heavy atom. The molecule has 0 radical (unpaired) electrons. The van der Waals surface area contributed by atoms with Gasteiger partial charge in [-0.1, -0.05) is 98.4 Å². The maximum atomic E-state index is 11.2. The van der Waals surface area contributed by atoms with Crippen LogP contribution in [0.25, 0.3) is 16.7 Å². The lowest BCUT2D eigenvalue weighted by atomic mass is 9.87. The summed E-state index contributed by atoms with van der Waals surface area (Å²) in [5, 5.41) is 9.16. The number of allylic oxidation sites excluding steroid dienone is 1. The molecule has 0 aromatic heterocycles. The molecule has 3 aromatic carbocycles. The Bertz CT molecular complexity index is 966. The molecule has 0 amide bonds. The molecule has 2 nitrogen and oxygen atoms in total. The summed E-state index contributed by atoms with van der Waals surface area (Å²) >= 11 is 0. The lowest BCUT2D eigenvalue weighted by molar-refractivity contribution is -0.130. The molecule has 134 valence electrons. The largest absolute Gasteiger partial charge is 0.478 e. The van der Waals surface area contributed by atoms with E-state index >= 15 is 0 Å². The number of aliphatic carboxylic acids is 1. The van der Waals surface area contributed by atoms with E-state index in [1.165, 1.54) is 11.1 Å². The van der Waals surface area contributed by atoms with Crippen LogP contribution >= 0.6 is 0 Å². The van der Waals surface area contributed by atoms with Crippen molar-refractivity contribution in [3.63, 3.8) is 0 Å². The van der Waals surface area contributed by atoms with E-state index in [0.717, 1.165) is 23.1 Å². The van der Waals surface area contributed by atoms with Crippen LogP contribution in [0.1, 0.15) is 35.6 Å². The first kappa shape index (κ1) is 18.4. The predicted octanol–water partition coefficient (Wildman–Crippen LogP) is 6.15. The number of carboxylic acid groups (broad SMARTS) is 1. The van der Waals surface area contributed by atoms with Gasteiger partial charge in [0.15, 0.2) is 0 Å². The number of carboxylic acids is 1. The molecule has 0 aliphatic heterocycles. The van der Waals surface area contributed by atoms with Crippen LogP contribution in [0, 0.1) is 0 Å². The minimum atomic E-state index is -1.000. The van der Waals surface area contributed by atoms with E-state index < -0.39 is 5.97 Å². The number of carbonyl (C=O) groups is 1. The Morgan fingerprint density at radius 2 is 1.19 bits per heavy atom. The van der Waals surface area contributed by atoms with Gasteiger partial charge in [0.1, 0.15) is 0 Å². The van der Waals surface area contributed by atoms with E-state index in [9.17, 15) is 4.79 Å². The smallest absolute Gasteiger partial charge is 0.335 e. The number of rotatable bonds is 6. The summed E-state index contributed by atoms with van der Waals surface area (Å²) in [6.07, 6.45) is 0.887. The molecule has 0 unspecified atom stereocenters. The van der Waals surface area contributed by atoms with Gasteiger partial charge in [0.2, 0.25) is 0 Å². The first-order valence-corrected chi connectivity index (χ1v) is 8.98. The highest BCUT2D eigenvalue weighted by Gasteiger charge is 2.14. The van der Waals surface area contributed by atoms with E-state index in [1.54, 1.807) is 0 Å². The third-order valence-corrected chi connectivity index (χ3v) is 4.62. The summed E-state index contributed by atoms with van der Waals surface area (Å²) in [7, 11) is 0. The number of hydrogen-bond acceptors (Lipinski definition) is 1. The van der Waals surface area contributed by atoms with Crippen molar-refractivity contribution in [2.75, 3.05) is 0 Å². The van der Waals surface area contributed by atoms with Crippen molar-refractivity contribution < 1.29 is 9.90 Å². The summed E-state index contributed by atoms with van der Waals surface area (Å²) in [5.41, 5.74) is 6.54. The zero-order chi connectivity index (χ0) is 19.2. The van der Waals surface area contributed by atoms with Crippen molar-refractivity contribution in [1.82, 2.24) is 0 Å². The van der Waals surface area contributed by atoms with Crippen molar-refractivity contribution in [3.05, 3.63) is 114 Å². The molecule has 0 atom stereocenters. The molecule has 0 fully saturated rings. The first-order valence-electron chi connectivity index (χ1n) is 8.98. The van der Waals surface area contributed by atoms with Crippen LogP contribution in [0.3, 0.4) is 0 Å². The number of benzene rings is 3. The Morgan fingerprint density at radius 3 is 1.67 bits per heavy atom. The molecule has 1 N–H and O–H groups in total. The molecule has 2 heteroatoms. The normalized spacial score (nSPS) is 11.6. The average molecular weight is 354 g/mol. The van der Waals surface area contributed by atoms with E-state index in [0.29, 0.717) is 5.56 Å². The van der Waals surface area contributed by atoms with Crippen LogP contribution in [0.4, 0.5) is 0 Å². The second-order valence-electron chi connectivity index (χ2n) is 6.30. The standard InChI is InChI=1S/C25H22O2/c1-3-23(20-10-6-4-7-11-20)24(21-12-8-5-9-13-21)22-16-14-19(15-17-22)18(2)25(26)27/h4-17H,2-3H2,1H3,(H,26,27). The molecule has 3 rings (SSSR count). The fraction of sp³-hybridized carbons (Fsp3) is 0.0800. The molecule has 0 spiro atoms. The Kier molecular flexibility index (Phi) is 5.68. The molecule has 0 heterocycles. The summed E-state index contributed by atoms with van der Waals surface area (Å²) < 4.78 is 0. The van der Waals surface area contributed by atoms with Gasteiger partial charge >= 0.3 is 5.97 Å². The molecule has 27 heavy (non-hydrogen) atoms. The summed E-state index contributed by atoms with van der Waals surface area (Å²) in [6.45, 7) is 5.80. The third kappa shape index (κ3) is 4.06. The second-order valence-corrected chi connectivity index (χ2v) is 6.30. The minimum Gasteiger partial charge on any atom is -0.478 e. The van der Waals surface area contributed by atoms with E-state index in [1.807, 2.05) is 60.7 Å². The average Bonchev–Trinajstić information content (AvgIpc) is 2.72. The predicted molar refractivity (Wildman–Crippen MR) is 112 cm³/mol. The Balaban J connectivity index is 2.18. The summed E-state index contributed by atoms with van der Waals surface area (Å²) in [6, 6.07) is 28.3. The van der Waals surface area contributed by atoms with Crippen LogP contribution in [-0.2, 0) is 4.79 Å². The van der Waals surface area contributed by atoms with Crippen LogP contribution in [0.2, 0.25) is 0 Å². The molecular weight excluding hydrogens is 332 g/mol. The van der Waals surface area contributed by atoms with Crippen molar-refractivity contribution >= 4 is 22.7 Å². The van der Waals surface area contributed by atoms with Gasteiger partial charge < -0.3 is 5.11 Å². The summed E-state index contributed by atoms with van der Waals surface area (Å²) in [4.78, 5) is 11.2. The van der Waals surface area contributed by atoms with Gasteiger partial charge in [0.05, 0.1) is 5.57 Å².